The molecule has 0 aromatic carbocycles. The molecule has 0 bridgehead atoms. The van der Waals surface area contributed by atoms with Gasteiger partial charge in [-0.25, -0.2) is 8.42 Å². The van der Waals surface area contributed by atoms with E-state index in [4.69, 9.17) is 10.7 Å². The lowest BCUT2D eigenvalue weighted by Gasteiger charge is -2.29. The second-order valence-corrected chi connectivity index (χ2v) is 6.48. The zero-order chi connectivity index (χ0) is 11.1. The van der Waals surface area contributed by atoms with E-state index in [-0.39, 0.29) is 0 Å². The molecule has 1 unspecified atom stereocenters. The van der Waals surface area contributed by atoms with Crippen molar-refractivity contribution >= 4 is 19.7 Å². The summed E-state index contributed by atoms with van der Waals surface area (Å²) in [5, 5.41) is -2.53. The standard InChI is InChI=1S/C6H10ClF3O2S/c1-5(2,3)4(6(8,9)10)13(7,11)12/h4H,1-3H3. The molecule has 1 atom stereocenters. The fourth-order valence-electron chi connectivity index (χ4n) is 1.07. The molecule has 0 spiro atoms. The zero-order valence-corrected chi connectivity index (χ0v) is 8.89. The SMILES string of the molecule is CC(C)(C)C(C(F)(F)F)S(=O)(=O)Cl. The average Bonchev–Trinajstić information content (AvgIpc) is 1.44. The van der Waals surface area contributed by atoms with Crippen LogP contribution in [0.3, 0.4) is 0 Å². The van der Waals surface area contributed by atoms with Gasteiger partial charge in [0.2, 0.25) is 9.05 Å². The van der Waals surface area contributed by atoms with Crippen LogP contribution in [0.2, 0.25) is 0 Å². The lowest BCUT2D eigenvalue weighted by atomic mass is 9.91. The number of hydrogen-bond donors (Lipinski definition) is 0. The first-order valence-electron chi connectivity index (χ1n) is 3.37. The van der Waals surface area contributed by atoms with Crippen LogP contribution in [0.1, 0.15) is 20.8 Å². The highest BCUT2D eigenvalue weighted by Gasteiger charge is 2.54. The van der Waals surface area contributed by atoms with Crippen LogP contribution in [0.5, 0.6) is 0 Å². The predicted molar refractivity (Wildman–Crippen MR) is 44.1 cm³/mol. The van der Waals surface area contributed by atoms with Crippen LogP contribution < -0.4 is 0 Å². The lowest BCUT2D eigenvalue weighted by Crippen LogP contribution is -2.44. The van der Waals surface area contributed by atoms with Crippen LogP contribution in [-0.2, 0) is 9.05 Å². The van der Waals surface area contributed by atoms with Crippen molar-refractivity contribution < 1.29 is 21.6 Å². The summed E-state index contributed by atoms with van der Waals surface area (Å²) in [4.78, 5) is 0. The van der Waals surface area contributed by atoms with Gasteiger partial charge in [-0.05, 0) is 5.41 Å². The van der Waals surface area contributed by atoms with Crippen molar-refractivity contribution in [3.8, 4) is 0 Å². The first kappa shape index (κ1) is 13.0. The van der Waals surface area contributed by atoms with E-state index in [1.807, 2.05) is 0 Å². The van der Waals surface area contributed by atoms with Gasteiger partial charge in [0.25, 0.3) is 0 Å². The summed E-state index contributed by atoms with van der Waals surface area (Å²) in [5.41, 5.74) is -1.46. The maximum atomic E-state index is 12.2. The van der Waals surface area contributed by atoms with E-state index in [9.17, 15) is 21.6 Å². The molecule has 0 fully saturated rings. The number of hydrogen-bond acceptors (Lipinski definition) is 2. The zero-order valence-electron chi connectivity index (χ0n) is 7.31. The largest absolute Gasteiger partial charge is 0.407 e. The van der Waals surface area contributed by atoms with Gasteiger partial charge < -0.3 is 0 Å². The summed E-state index contributed by atoms with van der Waals surface area (Å²) < 4.78 is 58.1. The molecule has 13 heavy (non-hydrogen) atoms. The highest BCUT2D eigenvalue weighted by Crippen LogP contribution is 2.39. The van der Waals surface area contributed by atoms with Gasteiger partial charge in [0, 0.05) is 10.7 Å². The van der Waals surface area contributed by atoms with Crippen LogP contribution in [0.15, 0.2) is 0 Å². The van der Waals surface area contributed by atoms with Gasteiger partial charge in [-0.2, -0.15) is 13.2 Å². The maximum Gasteiger partial charge on any atom is 0.407 e. The third-order valence-corrected chi connectivity index (χ3v) is 3.44. The molecule has 0 aromatic heterocycles. The number of halogens is 4. The highest BCUT2D eigenvalue weighted by molar-refractivity contribution is 8.14. The Morgan fingerprint density at radius 1 is 1.15 bits per heavy atom. The van der Waals surface area contributed by atoms with Crippen molar-refractivity contribution in [2.24, 2.45) is 5.41 Å². The maximum absolute atomic E-state index is 12.2. The van der Waals surface area contributed by atoms with E-state index < -0.39 is 25.9 Å². The van der Waals surface area contributed by atoms with Crippen LogP contribution in [0.4, 0.5) is 13.2 Å². The summed E-state index contributed by atoms with van der Waals surface area (Å²) in [6.07, 6.45) is -4.83. The fourth-order valence-corrected chi connectivity index (χ4v) is 3.34. The summed E-state index contributed by atoms with van der Waals surface area (Å²) in [7, 11) is 0.0876. The van der Waals surface area contributed by atoms with Gasteiger partial charge in [-0.15, -0.1) is 0 Å². The fraction of sp³-hybridized carbons (Fsp3) is 1.00. The first-order chi connectivity index (χ1) is 5.37. The van der Waals surface area contributed by atoms with Crippen LogP contribution >= 0.6 is 10.7 Å². The first-order valence-corrected chi connectivity index (χ1v) is 5.74. The van der Waals surface area contributed by atoms with Gasteiger partial charge in [0.15, 0.2) is 5.25 Å². The average molecular weight is 239 g/mol. The molecule has 0 heterocycles. The minimum absolute atomic E-state index is 1.17. The lowest BCUT2D eigenvalue weighted by molar-refractivity contribution is -0.147. The molecule has 2 nitrogen and oxygen atoms in total. The minimum atomic E-state index is -4.83. The molecule has 0 saturated heterocycles. The molecule has 80 valence electrons. The van der Waals surface area contributed by atoms with Crippen LogP contribution in [0, 0.1) is 5.41 Å². The van der Waals surface area contributed by atoms with Gasteiger partial charge in [-0.3, -0.25) is 0 Å². The molecule has 0 amide bonds. The van der Waals surface area contributed by atoms with Gasteiger partial charge in [0.05, 0.1) is 0 Å². The van der Waals surface area contributed by atoms with E-state index in [1.165, 1.54) is 20.8 Å². The smallest absolute Gasteiger partial charge is 0.212 e. The molecule has 7 heteroatoms. The third kappa shape index (κ3) is 3.72. The van der Waals surface area contributed by atoms with E-state index in [2.05, 4.69) is 0 Å². The molecule has 0 aliphatic carbocycles. The Labute approximate surface area is 79.5 Å². The molecule has 0 aliphatic rings. The summed E-state index contributed by atoms with van der Waals surface area (Å²) in [6, 6.07) is 0. The summed E-state index contributed by atoms with van der Waals surface area (Å²) in [5.74, 6) is 0. The quantitative estimate of drug-likeness (QED) is 0.658. The van der Waals surface area contributed by atoms with Crippen molar-refractivity contribution in [1.29, 1.82) is 0 Å². The second kappa shape index (κ2) is 3.31. The Hall–Kier alpha value is 0.0300. The Kier molecular flexibility index (Phi) is 3.32. The van der Waals surface area contributed by atoms with Gasteiger partial charge >= 0.3 is 6.18 Å². The molecule has 0 radical (unpaired) electrons. The van der Waals surface area contributed by atoms with E-state index in [0.29, 0.717) is 0 Å². The van der Waals surface area contributed by atoms with Crippen molar-refractivity contribution in [3.63, 3.8) is 0 Å². The number of rotatable bonds is 1. The molecule has 0 saturated carbocycles. The Morgan fingerprint density at radius 2 is 1.46 bits per heavy atom. The van der Waals surface area contributed by atoms with Crippen molar-refractivity contribution in [3.05, 3.63) is 0 Å². The van der Waals surface area contributed by atoms with Crippen LogP contribution in [-0.4, -0.2) is 19.8 Å². The van der Waals surface area contributed by atoms with E-state index >= 15 is 0 Å². The van der Waals surface area contributed by atoms with Crippen molar-refractivity contribution in [2.45, 2.75) is 32.2 Å². The summed E-state index contributed by atoms with van der Waals surface area (Å²) in [6.45, 7) is 3.52. The van der Waals surface area contributed by atoms with Gasteiger partial charge in [0.1, 0.15) is 0 Å². The van der Waals surface area contributed by atoms with Crippen molar-refractivity contribution in [1.82, 2.24) is 0 Å². The minimum Gasteiger partial charge on any atom is -0.212 e. The van der Waals surface area contributed by atoms with E-state index in [1.54, 1.807) is 0 Å². The molecule has 0 aromatic rings. The molecular formula is C6H10ClF3O2S. The Balaban J connectivity index is 5.28. The molecule has 0 N–H and O–H groups in total. The molecular weight excluding hydrogens is 229 g/mol. The van der Waals surface area contributed by atoms with Gasteiger partial charge in [-0.1, -0.05) is 20.8 Å². The molecule has 0 aliphatic heterocycles. The normalized spacial score (nSPS) is 17.2. The predicted octanol–water partition coefficient (Wildman–Crippen LogP) is 2.53. The highest BCUT2D eigenvalue weighted by atomic mass is 35.7. The summed E-state index contributed by atoms with van der Waals surface area (Å²) >= 11 is 0. The topological polar surface area (TPSA) is 34.1 Å². The van der Waals surface area contributed by atoms with Crippen LogP contribution in [0.25, 0.3) is 0 Å². The number of alkyl halides is 3. The second-order valence-electron chi connectivity index (χ2n) is 3.76. The van der Waals surface area contributed by atoms with Crippen molar-refractivity contribution in [2.75, 3.05) is 0 Å². The van der Waals surface area contributed by atoms with E-state index in [0.717, 1.165) is 0 Å². The Morgan fingerprint density at radius 3 is 1.46 bits per heavy atom. The Bertz CT molecular complexity index is 261. The molecule has 0 rings (SSSR count). The monoisotopic (exact) mass is 238 g/mol. The third-order valence-electron chi connectivity index (χ3n) is 1.37.